The van der Waals surface area contributed by atoms with Gasteiger partial charge in [-0.3, -0.25) is 14.5 Å². The molecule has 27 heavy (non-hydrogen) atoms. The number of rotatable bonds is 6. The van der Waals surface area contributed by atoms with Gasteiger partial charge in [0.05, 0.1) is 23.8 Å². The number of halogens is 2. The number of amides is 2. The summed E-state index contributed by atoms with van der Waals surface area (Å²) >= 11 is 0.401. The van der Waals surface area contributed by atoms with Gasteiger partial charge in [0, 0.05) is 11.1 Å². The zero-order valence-corrected chi connectivity index (χ0v) is 14.5. The van der Waals surface area contributed by atoms with Crippen molar-refractivity contribution in [2.24, 2.45) is 0 Å². The molecule has 2 aromatic rings. The molecule has 0 unspecified atom stereocenters. The Balaban J connectivity index is 1.98. The van der Waals surface area contributed by atoms with Gasteiger partial charge in [-0.2, -0.15) is 8.78 Å². The second-order valence-electron chi connectivity index (χ2n) is 5.55. The second-order valence-corrected chi connectivity index (χ2v) is 6.53. The maximum atomic E-state index is 12.7. The first-order chi connectivity index (χ1) is 12.9. The minimum Gasteiger partial charge on any atom is -0.548 e. The minimum absolute atomic E-state index is 0.0410. The Morgan fingerprint density at radius 1 is 1.15 bits per heavy atom. The number of carboxylic acids is 1. The van der Waals surface area contributed by atoms with Crippen molar-refractivity contribution in [3.63, 3.8) is 0 Å². The predicted octanol–water partition coefficient (Wildman–Crippen LogP) is 2.01. The number of fused-ring (bicyclic) bond motifs is 1. The number of aliphatic carboxylic acids is 1. The average molecular weight is 392 g/mol. The van der Waals surface area contributed by atoms with Crippen LogP contribution in [0.1, 0.15) is 27.4 Å². The van der Waals surface area contributed by atoms with Crippen molar-refractivity contribution < 1.29 is 32.7 Å². The topological polar surface area (TPSA) is 90.7 Å². The molecule has 1 aromatic heterocycles. The summed E-state index contributed by atoms with van der Waals surface area (Å²) in [5.41, 5.74) is 0.570. The molecule has 0 saturated carbocycles. The standard InChI is InChI=1S/C18H13F2NO5S/c19-18(20)27-9-11-6-5-10(26-11)7-14-12-3-1-2-4-13(12)16(24)21(17(14)25)8-15(22)23/h1-7,18H,8-9H2,(H,22,23)/p-1. The molecule has 3 rings (SSSR count). The molecule has 140 valence electrons. The van der Waals surface area contributed by atoms with E-state index in [1.54, 1.807) is 18.2 Å². The molecule has 0 fully saturated rings. The largest absolute Gasteiger partial charge is 0.548 e. The van der Waals surface area contributed by atoms with Crippen molar-refractivity contribution >= 4 is 41.2 Å². The Morgan fingerprint density at radius 2 is 1.85 bits per heavy atom. The van der Waals surface area contributed by atoms with Crippen molar-refractivity contribution in [3.8, 4) is 0 Å². The van der Waals surface area contributed by atoms with Crippen molar-refractivity contribution in [1.29, 1.82) is 0 Å². The Kier molecular flexibility index (Phi) is 5.41. The van der Waals surface area contributed by atoms with Gasteiger partial charge in [-0.25, -0.2) is 0 Å². The summed E-state index contributed by atoms with van der Waals surface area (Å²) in [7, 11) is 0. The van der Waals surface area contributed by atoms with E-state index in [0.717, 1.165) is 0 Å². The van der Waals surface area contributed by atoms with Gasteiger partial charge >= 0.3 is 0 Å². The van der Waals surface area contributed by atoms with Crippen LogP contribution in [0.4, 0.5) is 8.78 Å². The summed E-state index contributed by atoms with van der Waals surface area (Å²) in [4.78, 5) is 36.6. The number of imide groups is 1. The van der Waals surface area contributed by atoms with Crippen molar-refractivity contribution in [1.82, 2.24) is 4.90 Å². The number of alkyl halides is 2. The summed E-state index contributed by atoms with van der Waals surface area (Å²) in [6.07, 6.45) is 1.35. The number of furan rings is 1. The van der Waals surface area contributed by atoms with Gasteiger partial charge in [-0.15, -0.1) is 0 Å². The van der Waals surface area contributed by atoms with Gasteiger partial charge in [0.1, 0.15) is 11.5 Å². The lowest BCUT2D eigenvalue weighted by atomic mass is 9.93. The summed E-state index contributed by atoms with van der Waals surface area (Å²) in [6, 6.07) is 9.27. The number of thioether (sulfide) groups is 1. The van der Waals surface area contributed by atoms with Crippen LogP contribution in [0.15, 0.2) is 40.8 Å². The highest BCUT2D eigenvalue weighted by molar-refractivity contribution is 7.98. The van der Waals surface area contributed by atoms with Crippen LogP contribution in [0.2, 0.25) is 0 Å². The Morgan fingerprint density at radius 3 is 2.52 bits per heavy atom. The number of carbonyl (C=O) groups is 3. The Labute approximate surface area is 156 Å². The third-order valence-corrected chi connectivity index (χ3v) is 4.48. The van der Waals surface area contributed by atoms with Crippen molar-refractivity contribution in [3.05, 3.63) is 59.0 Å². The van der Waals surface area contributed by atoms with E-state index in [9.17, 15) is 28.3 Å². The molecule has 2 amide bonds. The number of hydrogen-bond acceptors (Lipinski definition) is 6. The van der Waals surface area contributed by atoms with Crippen LogP contribution in [0, 0.1) is 0 Å². The maximum Gasteiger partial charge on any atom is 0.284 e. The summed E-state index contributed by atoms with van der Waals surface area (Å²) in [5.74, 6) is -5.16. The second kappa shape index (κ2) is 7.75. The molecule has 0 bridgehead atoms. The zero-order valence-electron chi connectivity index (χ0n) is 13.7. The summed E-state index contributed by atoms with van der Waals surface area (Å²) in [6.45, 7) is -0.877. The van der Waals surface area contributed by atoms with E-state index in [2.05, 4.69) is 0 Å². The first-order valence-corrected chi connectivity index (χ1v) is 8.77. The average Bonchev–Trinajstić information content (AvgIpc) is 3.08. The number of benzene rings is 1. The minimum atomic E-state index is -2.53. The molecular weight excluding hydrogens is 380 g/mol. The first-order valence-electron chi connectivity index (χ1n) is 7.72. The van der Waals surface area contributed by atoms with Crippen LogP contribution in [0.25, 0.3) is 11.6 Å². The van der Waals surface area contributed by atoms with Gasteiger partial charge in [0.2, 0.25) is 0 Å². The van der Waals surface area contributed by atoms with Gasteiger partial charge in [0.25, 0.3) is 17.6 Å². The van der Waals surface area contributed by atoms with Crippen LogP contribution in [0.5, 0.6) is 0 Å². The highest BCUT2D eigenvalue weighted by atomic mass is 32.2. The van der Waals surface area contributed by atoms with Gasteiger partial charge < -0.3 is 14.3 Å². The predicted molar refractivity (Wildman–Crippen MR) is 91.4 cm³/mol. The molecule has 1 aliphatic heterocycles. The highest BCUT2D eigenvalue weighted by Crippen LogP contribution is 2.31. The molecular formula is C18H12F2NO5S-. The fourth-order valence-corrected chi connectivity index (χ4v) is 3.10. The zero-order chi connectivity index (χ0) is 19.6. The molecule has 1 aromatic carbocycles. The van der Waals surface area contributed by atoms with E-state index >= 15 is 0 Å². The number of carbonyl (C=O) groups excluding carboxylic acids is 3. The number of nitrogens with zero attached hydrogens (tertiary/aromatic N) is 1. The molecule has 0 saturated heterocycles. The summed E-state index contributed by atoms with van der Waals surface area (Å²) in [5, 5.41) is 10.9. The highest BCUT2D eigenvalue weighted by Gasteiger charge is 2.34. The number of carboxylic acid groups (broad SMARTS) is 1. The van der Waals surface area contributed by atoms with Crippen molar-refractivity contribution in [2.75, 3.05) is 6.54 Å². The first kappa shape index (κ1) is 18.8. The van der Waals surface area contributed by atoms with Crippen LogP contribution in [-0.4, -0.2) is 35.0 Å². The molecule has 9 heteroatoms. The SMILES string of the molecule is O=C([O-])CN1C(=O)C(=Cc2ccc(CSC(F)F)o2)c2ccccc2C1=O. The third kappa shape index (κ3) is 4.08. The van der Waals surface area contributed by atoms with Crippen LogP contribution in [0.3, 0.4) is 0 Å². The van der Waals surface area contributed by atoms with Crippen LogP contribution < -0.4 is 5.11 Å². The van der Waals surface area contributed by atoms with E-state index in [1.165, 1.54) is 24.3 Å². The lowest BCUT2D eigenvalue weighted by Crippen LogP contribution is -2.47. The molecule has 2 heterocycles. The molecule has 0 N–H and O–H groups in total. The monoisotopic (exact) mass is 392 g/mol. The van der Waals surface area contributed by atoms with E-state index < -0.39 is 30.1 Å². The van der Waals surface area contributed by atoms with Crippen LogP contribution >= 0.6 is 11.8 Å². The molecule has 6 nitrogen and oxygen atoms in total. The molecule has 0 atom stereocenters. The van der Waals surface area contributed by atoms with E-state index in [1.807, 2.05) is 0 Å². The maximum absolute atomic E-state index is 12.7. The lowest BCUT2D eigenvalue weighted by Gasteiger charge is -2.28. The van der Waals surface area contributed by atoms with E-state index in [0.29, 0.717) is 28.0 Å². The Hall–Kier alpha value is -2.94. The fraction of sp³-hybridized carbons (Fsp3) is 0.167. The third-order valence-electron chi connectivity index (χ3n) is 3.78. The molecule has 0 spiro atoms. The van der Waals surface area contributed by atoms with Crippen molar-refractivity contribution in [2.45, 2.75) is 11.5 Å². The normalized spacial score (nSPS) is 15.5. The van der Waals surface area contributed by atoms with Gasteiger partial charge in [0.15, 0.2) is 0 Å². The Bertz CT molecular complexity index is 937. The van der Waals surface area contributed by atoms with E-state index in [4.69, 9.17) is 4.42 Å². The van der Waals surface area contributed by atoms with Gasteiger partial charge in [-0.1, -0.05) is 30.0 Å². The smallest absolute Gasteiger partial charge is 0.284 e. The quantitative estimate of drug-likeness (QED) is 0.552. The van der Waals surface area contributed by atoms with Crippen LogP contribution in [-0.2, 0) is 15.3 Å². The fourth-order valence-electron chi connectivity index (χ4n) is 2.65. The lowest BCUT2D eigenvalue weighted by molar-refractivity contribution is -0.305. The summed E-state index contributed by atoms with van der Waals surface area (Å²) < 4.78 is 30.0. The van der Waals surface area contributed by atoms with Gasteiger partial charge in [-0.05, 0) is 24.3 Å². The van der Waals surface area contributed by atoms with E-state index in [-0.39, 0.29) is 22.6 Å². The molecule has 0 aliphatic carbocycles. The molecule has 1 aliphatic rings. The molecule has 0 radical (unpaired) electrons. The number of hydrogen-bond donors (Lipinski definition) is 0.